The summed E-state index contributed by atoms with van der Waals surface area (Å²) in [6.07, 6.45) is 0. The van der Waals surface area contributed by atoms with Crippen molar-refractivity contribution in [2.45, 2.75) is 25.9 Å². The van der Waals surface area contributed by atoms with Crippen LogP contribution in [0.15, 0.2) is 66.7 Å². The highest BCUT2D eigenvalue weighted by Gasteiger charge is 2.57. The lowest BCUT2D eigenvalue weighted by molar-refractivity contribution is -0.384. The van der Waals surface area contributed by atoms with Crippen molar-refractivity contribution in [2.75, 3.05) is 18.1 Å². The lowest BCUT2D eigenvalue weighted by atomic mass is 9.86. The van der Waals surface area contributed by atoms with Crippen LogP contribution in [0, 0.1) is 10.1 Å². The SMILES string of the molecule is CCOc1ccc([C@H]2[C@@H](N3C(=O)c4ccc([N+](=O)[O-])cc4C3=O)C(=O)N2c2ccc(OCC)cc2)cc1. The normalized spacial score (nSPS) is 18.5. The first kappa shape index (κ1) is 24.0. The first-order chi connectivity index (χ1) is 17.8. The highest BCUT2D eigenvalue weighted by Crippen LogP contribution is 2.45. The third-order valence-corrected chi connectivity index (χ3v) is 6.42. The molecule has 3 aromatic carbocycles. The predicted octanol–water partition coefficient (Wildman–Crippen LogP) is 4.14. The molecular formula is C27H23N3O7. The Morgan fingerprint density at radius 2 is 1.32 bits per heavy atom. The number of carbonyl (C=O) groups is 3. The number of rotatable bonds is 8. The van der Waals surface area contributed by atoms with Crippen molar-refractivity contribution in [3.63, 3.8) is 0 Å². The van der Waals surface area contributed by atoms with Gasteiger partial charge in [0, 0.05) is 17.8 Å². The molecule has 1 fully saturated rings. The van der Waals surface area contributed by atoms with E-state index in [9.17, 15) is 24.5 Å². The average Bonchev–Trinajstić information content (AvgIpc) is 3.14. The Morgan fingerprint density at radius 1 is 0.757 bits per heavy atom. The van der Waals surface area contributed by atoms with Crippen LogP contribution in [0.3, 0.4) is 0 Å². The maximum absolute atomic E-state index is 13.5. The quantitative estimate of drug-likeness (QED) is 0.197. The maximum Gasteiger partial charge on any atom is 0.270 e. The van der Waals surface area contributed by atoms with Gasteiger partial charge in [0.2, 0.25) is 0 Å². The molecule has 0 aromatic heterocycles. The largest absolute Gasteiger partial charge is 0.494 e. The van der Waals surface area contributed by atoms with Gasteiger partial charge in [-0.1, -0.05) is 12.1 Å². The first-order valence-corrected chi connectivity index (χ1v) is 11.8. The Balaban J connectivity index is 1.53. The number of hydrogen-bond acceptors (Lipinski definition) is 7. The summed E-state index contributed by atoms with van der Waals surface area (Å²) in [7, 11) is 0. The van der Waals surface area contributed by atoms with E-state index < -0.39 is 34.7 Å². The number of nitro groups is 1. The van der Waals surface area contributed by atoms with Crippen LogP contribution >= 0.6 is 0 Å². The van der Waals surface area contributed by atoms with Gasteiger partial charge >= 0.3 is 0 Å². The van der Waals surface area contributed by atoms with Gasteiger partial charge in [-0.25, -0.2) is 0 Å². The smallest absolute Gasteiger partial charge is 0.270 e. The van der Waals surface area contributed by atoms with Crippen molar-refractivity contribution >= 4 is 29.1 Å². The molecule has 0 N–H and O–H groups in total. The van der Waals surface area contributed by atoms with Crippen molar-refractivity contribution in [1.29, 1.82) is 0 Å². The summed E-state index contributed by atoms with van der Waals surface area (Å²) in [4.78, 5) is 53.2. The Bertz CT molecular complexity index is 1400. The molecule has 10 nitrogen and oxygen atoms in total. The van der Waals surface area contributed by atoms with Crippen molar-refractivity contribution < 1.29 is 28.8 Å². The highest BCUT2D eigenvalue weighted by atomic mass is 16.6. The molecule has 0 saturated carbocycles. The number of non-ortho nitro benzene ring substituents is 1. The minimum absolute atomic E-state index is 0.0355. The van der Waals surface area contributed by atoms with E-state index in [1.165, 1.54) is 17.0 Å². The van der Waals surface area contributed by atoms with Crippen LogP contribution in [0.5, 0.6) is 11.5 Å². The molecule has 0 bridgehead atoms. The van der Waals surface area contributed by atoms with E-state index in [0.717, 1.165) is 11.0 Å². The van der Waals surface area contributed by atoms with Crippen molar-refractivity contribution in [1.82, 2.24) is 4.90 Å². The summed E-state index contributed by atoms with van der Waals surface area (Å²) in [6, 6.07) is 15.8. The fraction of sp³-hybridized carbons (Fsp3) is 0.222. The zero-order valence-electron chi connectivity index (χ0n) is 20.1. The molecule has 3 aromatic rings. The Hall–Kier alpha value is -4.73. The molecule has 188 valence electrons. The number of anilines is 1. The number of benzene rings is 3. The van der Waals surface area contributed by atoms with Crippen LogP contribution in [0.2, 0.25) is 0 Å². The van der Waals surface area contributed by atoms with Crippen LogP contribution in [0.25, 0.3) is 0 Å². The molecule has 2 atom stereocenters. The van der Waals surface area contributed by atoms with Gasteiger partial charge in [0.1, 0.15) is 17.5 Å². The molecule has 0 radical (unpaired) electrons. The number of hydrogen-bond donors (Lipinski definition) is 0. The van der Waals surface area contributed by atoms with Gasteiger partial charge in [-0.2, -0.15) is 0 Å². The van der Waals surface area contributed by atoms with Crippen molar-refractivity contribution in [3.8, 4) is 11.5 Å². The third-order valence-electron chi connectivity index (χ3n) is 6.42. The predicted molar refractivity (Wildman–Crippen MR) is 133 cm³/mol. The van der Waals surface area contributed by atoms with E-state index in [2.05, 4.69) is 0 Å². The van der Waals surface area contributed by atoms with Crippen LogP contribution in [-0.4, -0.2) is 46.8 Å². The summed E-state index contributed by atoms with van der Waals surface area (Å²) in [6.45, 7) is 4.73. The lowest BCUT2D eigenvalue weighted by Gasteiger charge is -2.49. The molecule has 10 heteroatoms. The molecule has 5 rings (SSSR count). The van der Waals surface area contributed by atoms with Gasteiger partial charge < -0.3 is 14.4 Å². The molecule has 2 aliphatic heterocycles. The zero-order chi connectivity index (χ0) is 26.3. The number of amides is 3. The van der Waals surface area contributed by atoms with Crippen LogP contribution in [0.1, 0.15) is 46.2 Å². The van der Waals surface area contributed by atoms with E-state index in [4.69, 9.17) is 9.47 Å². The van der Waals surface area contributed by atoms with Crippen LogP contribution in [0.4, 0.5) is 11.4 Å². The lowest BCUT2D eigenvalue weighted by Crippen LogP contribution is -2.67. The summed E-state index contributed by atoms with van der Waals surface area (Å²) in [5.74, 6) is -0.531. The number of imide groups is 1. The second kappa shape index (κ2) is 9.38. The first-order valence-electron chi connectivity index (χ1n) is 11.8. The van der Waals surface area contributed by atoms with Gasteiger partial charge in [0.15, 0.2) is 0 Å². The van der Waals surface area contributed by atoms with E-state index in [1.54, 1.807) is 48.5 Å². The topological polar surface area (TPSA) is 119 Å². The fourth-order valence-corrected chi connectivity index (χ4v) is 4.76. The average molecular weight is 501 g/mol. The number of β-lactam (4-membered cyclic amide) rings is 1. The zero-order valence-corrected chi connectivity index (χ0v) is 20.1. The van der Waals surface area contributed by atoms with E-state index in [1.807, 2.05) is 13.8 Å². The number of ether oxygens (including phenoxy) is 2. The van der Waals surface area contributed by atoms with Gasteiger partial charge in [-0.3, -0.25) is 29.4 Å². The van der Waals surface area contributed by atoms with Gasteiger partial charge in [0.25, 0.3) is 23.4 Å². The van der Waals surface area contributed by atoms with E-state index in [-0.39, 0.29) is 16.8 Å². The van der Waals surface area contributed by atoms with Crippen molar-refractivity contribution in [3.05, 3.63) is 93.5 Å². The van der Waals surface area contributed by atoms with E-state index >= 15 is 0 Å². The molecule has 3 amide bonds. The van der Waals surface area contributed by atoms with E-state index in [0.29, 0.717) is 36.0 Å². The van der Waals surface area contributed by atoms with Gasteiger partial charge in [0.05, 0.1) is 35.3 Å². The summed E-state index contributed by atoms with van der Waals surface area (Å²) in [5.41, 5.74) is 0.923. The Labute approximate surface area is 212 Å². The standard InChI is InChI=1S/C27H23N3O7/c1-3-36-19-10-5-16(6-11-19)23-24(27(33)28(23)17-7-12-20(13-8-17)37-4-2)29-25(31)21-14-9-18(30(34)35)15-22(21)26(29)32/h5-15,23-24H,3-4H2,1-2H3/t23-,24+/m0/s1. The molecule has 2 aliphatic rings. The second-order valence-corrected chi connectivity index (χ2v) is 8.49. The molecule has 1 saturated heterocycles. The maximum atomic E-state index is 13.5. The number of nitrogens with zero attached hydrogens (tertiary/aromatic N) is 3. The Morgan fingerprint density at radius 3 is 1.89 bits per heavy atom. The Kier molecular flexibility index (Phi) is 6.08. The second-order valence-electron chi connectivity index (χ2n) is 8.49. The van der Waals surface area contributed by atoms with Crippen LogP contribution in [-0.2, 0) is 4.79 Å². The molecule has 37 heavy (non-hydrogen) atoms. The minimum atomic E-state index is -1.11. The summed E-state index contributed by atoms with van der Waals surface area (Å²) < 4.78 is 11.0. The van der Waals surface area contributed by atoms with Crippen molar-refractivity contribution in [2.24, 2.45) is 0 Å². The fourth-order valence-electron chi connectivity index (χ4n) is 4.76. The number of fused-ring (bicyclic) bond motifs is 1. The monoisotopic (exact) mass is 501 g/mol. The molecular weight excluding hydrogens is 478 g/mol. The van der Waals surface area contributed by atoms with Crippen LogP contribution < -0.4 is 14.4 Å². The van der Waals surface area contributed by atoms with Gasteiger partial charge in [-0.15, -0.1) is 0 Å². The molecule has 0 spiro atoms. The molecule has 0 unspecified atom stereocenters. The summed E-state index contributed by atoms with van der Waals surface area (Å²) >= 11 is 0. The third kappa shape index (κ3) is 3.96. The summed E-state index contributed by atoms with van der Waals surface area (Å²) in [5, 5.41) is 11.2. The number of carbonyl (C=O) groups excluding carboxylic acids is 3. The highest BCUT2D eigenvalue weighted by molar-refractivity contribution is 6.25. The molecule has 0 aliphatic carbocycles. The number of nitro benzene ring substituents is 1. The van der Waals surface area contributed by atoms with Gasteiger partial charge in [-0.05, 0) is 61.9 Å². The minimum Gasteiger partial charge on any atom is -0.494 e. The molecule has 2 heterocycles.